The molecule has 0 unspecified atom stereocenters. The Bertz CT molecular complexity index is 467. The van der Waals surface area contributed by atoms with E-state index in [2.05, 4.69) is 12.0 Å². The quantitative estimate of drug-likeness (QED) is 0.546. The highest BCUT2D eigenvalue weighted by Crippen LogP contribution is 2.08. The summed E-state index contributed by atoms with van der Waals surface area (Å²) in [6.07, 6.45) is 3.45. The van der Waals surface area contributed by atoms with Crippen molar-refractivity contribution >= 4 is 5.78 Å². The summed E-state index contributed by atoms with van der Waals surface area (Å²) in [6, 6.07) is 8.75. The maximum atomic E-state index is 13.3. The van der Waals surface area contributed by atoms with Gasteiger partial charge in [0.05, 0.1) is 5.56 Å². The van der Waals surface area contributed by atoms with Crippen LogP contribution in [-0.4, -0.2) is 23.8 Å². The van der Waals surface area contributed by atoms with Gasteiger partial charge in [0.15, 0.2) is 0 Å². The van der Waals surface area contributed by atoms with Crippen LogP contribution in [0.15, 0.2) is 24.3 Å². The maximum Gasteiger partial charge on any atom is 0.240 e. The normalized spacial score (nSPS) is 15.0. The van der Waals surface area contributed by atoms with Crippen LogP contribution in [0.5, 0.6) is 0 Å². The van der Waals surface area contributed by atoms with Gasteiger partial charge in [0.2, 0.25) is 5.78 Å². The largest absolute Gasteiger partial charge is 0.332 e. The number of Topliss-reactive ketones (excluding diaryl/α,β-unsaturated/α-hetero) is 1. The lowest BCUT2D eigenvalue weighted by Crippen LogP contribution is -2.25. The Morgan fingerprint density at radius 3 is 2.59 bits per heavy atom. The number of nitrogens with zero attached hydrogens (tertiary/aromatic N) is 1. The van der Waals surface area contributed by atoms with E-state index in [-0.39, 0.29) is 5.56 Å². The number of benzene rings is 1. The van der Waals surface area contributed by atoms with E-state index in [1.807, 2.05) is 4.90 Å². The lowest BCUT2D eigenvalue weighted by Gasteiger charge is -2.21. The lowest BCUT2D eigenvalue weighted by molar-refractivity contribution is 0.105. The summed E-state index contributed by atoms with van der Waals surface area (Å²) in [5.74, 6) is 1.55. The van der Waals surface area contributed by atoms with Crippen molar-refractivity contribution in [1.82, 2.24) is 4.90 Å². The maximum absolute atomic E-state index is 13.3. The molecule has 0 spiro atoms. The zero-order valence-electron chi connectivity index (χ0n) is 9.58. The van der Waals surface area contributed by atoms with Crippen molar-refractivity contribution in [2.24, 2.45) is 0 Å². The summed E-state index contributed by atoms with van der Waals surface area (Å²) in [4.78, 5) is 13.6. The Morgan fingerprint density at radius 2 is 1.88 bits per heavy atom. The predicted octanol–water partition coefficient (Wildman–Crippen LogP) is 2.46. The molecule has 17 heavy (non-hydrogen) atoms. The number of likely N-dealkylation sites (tertiary alicyclic amines) is 1. The second kappa shape index (κ2) is 5.49. The van der Waals surface area contributed by atoms with Gasteiger partial charge in [-0.25, -0.2) is 4.39 Å². The lowest BCUT2D eigenvalue weighted by atomic mass is 10.1. The topological polar surface area (TPSA) is 20.3 Å². The molecule has 1 aromatic carbocycles. The molecule has 1 saturated heterocycles. The zero-order chi connectivity index (χ0) is 12.1. The molecular weight excluding hydrogens is 217 g/mol. The minimum Gasteiger partial charge on any atom is -0.332 e. The average molecular weight is 231 g/mol. The first kappa shape index (κ1) is 11.7. The van der Waals surface area contributed by atoms with Gasteiger partial charge in [0.1, 0.15) is 5.82 Å². The average Bonchev–Trinajstić information content (AvgIpc) is 2.38. The number of ketones is 1. The number of rotatable bonds is 1. The van der Waals surface area contributed by atoms with Gasteiger partial charge in [0.25, 0.3) is 0 Å². The number of carbonyl (C=O) groups excluding carboxylic acids is 1. The van der Waals surface area contributed by atoms with Crippen LogP contribution >= 0.6 is 0 Å². The molecule has 3 heteroatoms. The van der Waals surface area contributed by atoms with E-state index in [0.717, 1.165) is 25.9 Å². The SMILES string of the molecule is O=C(C#CN1CCCCC1)c1ccccc1F. The van der Waals surface area contributed by atoms with Crippen molar-refractivity contribution in [3.8, 4) is 12.0 Å². The molecule has 0 atom stereocenters. The highest BCUT2D eigenvalue weighted by molar-refractivity contribution is 6.09. The number of hydrogen-bond acceptors (Lipinski definition) is 2. The summed E-state index contributed by atoms with van der Waals surface area (Å²) in [5, 5.41) is 0. The van der Waals surface area contributed by atoms with E-state index in [1.165, 1.54) is 18.6 Å². The van der Waals surface area contributed by atoms with Crippen molar-refractivity contribution in [1.29, 1.82) is 0 Å². The Labute approximate surface area is 100 Å². The van der Waals surface area contributed by atoms with Crippen molar-refractivity contribution in [3.05, 3.63) is 35.6 Å². The molecule has 1 aliphatic rings. The second-order valence-electron chi connectivity index (χ2n) is 4.09. The summed E-state index contributed by atoms with van der Waals surface area (Å²) in [7, 11) is 0. The van der Waals surface area contributed by atoms with E-state index in [0.29, 0.717) is 0 Å². The molecule has 2 nitrogen and oxygen atoms in total. The van der Waals surface area contributed by atoms with E-state index in [4.69, 9.17) is 0 Å². The molecule has 1 fully saturated rings. The van der Waals surface area contributed by atoms with Crippen LogP contribution in [0.1, 0.15) is 29.6 Å². The molecule has 2 rings (SSSR count). The monoisotopic (exact) mass is 231 g/mol. The zero-order valence-corrected chi connectivity index (χ0v) is 9.58. The van der Waals surface area contributed by atoms with E-state index in [9.17, 15) is 9.18 Å². The Balaban J connectivity index is 2.06. The molecule has 0 N–H and O–H groups in total. The number of hydrogen-bond donors (Lipinski definition) is 0. The molecule has 1 aromatic rings. The smallest absolute Gasteiger partial charge is 0.240 e. The van der Waals surface area contributed by atoms with Gasteiger partial charge >= 0.3 is 0 Å². The fourth-order valence-corrected chi connectivity index (χ4v) is 1.85. The van der Waals surface area contributed by atoms with Crippen LogP contribution in [0.2, 0.25) is 0 Å². The van der Waals surface area contributed by atoms with Crippen molar-refractivity contribution < 1.29 is 9.18 Å². The third-order valence-electron chi connectivity index (χ3n) is 2.80. The second-order valence-corrected chi connectivity index (χ2v) is 4.09. The van der Waals surface area contributed by atoms with Gasteiger partial charge in [-0.15, -0.1) is 0 Å². The third-order valence-corrected chi connectivity index (χ3v) is 2.80. The predicted molar refractivity (Wildman–Crippen MR) is 63.9 cm³/mol. The van der Waals surface area contributed by atoms with Crippen LogP contribution in [0.3, 0.4) is 0 Å². The molecule has 0 radical (unpaired) electrons. The van der Waals surface area contributed by atoms with E-state index < -0.39 is 11.6 Å². The number of carbonyl (C=O) groups is 1. The molecule has 1 aliphatic heterocycles. The first-order valence-corrected chi connectivity index (χ1v) is 5.83. The summed E-state index contributed by atoms with van der Waals surface area (Å²) in [5.41, 5.74) is 0.0528. The number of piperidine rings is 1. The fourth-order valence-electron chi connectivity index (χ4n) is 1.85. The van der Waals surface area contributed by atoms with Crippen LogP contribution in [0, 0.1) is 17.8 Å². The minimum atomic E-state index is -0.509. The van der Waals surface area contributed by atoms with Crippen molar-refractivity contribution in [2.75, 3.05) is 13.1 Å². The molecule has 0 aromatic heterocycles. The molecule has 88 valence electrons. The molecule has 0 amide bonds. The van der Waals surface area contributed by atoms with Crippen LogP contribution in [0.4, 0.5) is 4.39 Å². The summed E-state index contributed by atoms with van der Waals surface area (Å²) < 4.78 is 13.3. The van der Waals surface area contributed by atoms with Gasteiger partial charge in [-0.1, -0.05) is 12.1 Å². The molecule has 0 saturated carbocycles. The Morgan fingerprint density at radius 1 is 1.18 bits per heavy atom. The van der Waals surface area contributed by atoms with Crippen LogP contribution in [-0.2, 0) is 0 Å². The minimum absolute atomic E-state index is 0.0528. The Kier molecular flexibility index (Phi) is 3.77. The van der Waals surface area contributed by atoms with E-state index in [1.54, 1.807) is 12.1 Å². The van der Waals surface area contributed by atoms with Gasteiger partial charge in [-0.2, -0.15) is 0 Å². The third kappa shape index (κ3) is 3.07. The summed E-state index contributed by atoms with van der Waals surface area (Å²) in [6.45, 7) is 1.80. The highest BCUT2D eigenvalue weighted by atomic mass is 19.1. The number of halogens is 1. The molecule has 1 heterocycles. The summed E-state index contributed by atoms with van der Waals surface area (Å²) >= 11 is 0. The van der Waals surface area contributed by atoms with Crippen molar-refractivity contribution in [3.63, 3.8) is 0 Å². The highest BCUT2D eigenvalue weighted by Gasteiger charge is 2.09. The van der Waals surface area contributed by atoms with Gasteiger partial charge < -0.3 is 4.90 Å². The van der Waals surface area contributed by atoms with Crippen LogP contribution in [0.25, 0.3) is 0 Å². The van der Waals surface area contributed by atoms with Gasteiger partial charge in [-0.3, -0.25) is 4.79 Å². The van der Waals surface area contributed by atoms with Crippen molar-refractivity contribution in [2.45, 2.75) is 19.3 Å². The van der Waals surface area contributed by atoms with Crippen LogP contribution < -0.4 is 0 Å². The van der Waals surface area contributed by atoms with E-state index >= 15 is 0 Å². The standard InChI is InChI=1S/C14H14FNO/c15-13-7-3-2-6-12(13)14(17)8-11-16-9-4-1-5-10-16/h2-3,6-7H,1,4-5,9-10H2. The molecular formula is C14H14FNO. The fraction of sp³-hybridized carbons (Fsp3) is 0.357. The first-order chi connectivity index (χ1) is 8.27. The van der Waals surface area contributed by atoms with Gasteiger partial charge in [-0.05, 0) is 31.4 Å². The molecule has 0 bridgehead atoms. The van der Waals surface area contributed by atoms with Gasteiger partial charge in [0, 0.05) is 25.1 Å². The first-order valence-electron chi connectivity index (χ1n) is 5.83. The molecule has 0 aliphatic carbocycles. The Hall–Kier alpha value is -1.82.